The zero-order chi connectivity index (χ0) is 16.7. The van der Waals surface area contributed by atoms with E-state index in [2.05, 4.69) is 0 Å². The highest BCUT2D eigenvalue weighted by Crippen LogP contribution is 2.38. The molecule has 0 amide bonds. The van der Waals surface area contributed by atoms with Gasteiger partial charge in [-0.1, -0.05) is 6.07 Å². The number of allylic oxidation sites excluding steroid dienone is 1. The highest BCUT2D eigenvalue weighted by molar-refractivity contribution is 6.15. The predicted octanol–water partition coefficient (Wildman–Crippen LogP) is 3.74. The molecular weight excluding hydrogens is 308 g/mol. The first-order valence-electron chi connectivity index (χ1n) is 7.77. The van der Waals surface area contributed by atoms with Crippen molar-refractivity contribution in [2.45, 2.75) is 13.8 Å². The number of carbonyl (C=O) groups is 1. The highest BCUT2D eigenvalue weighted by atomic mass is 16.7. The minimum atomic E-state index is -0.122. The highest BCUT2D eigenvalue weighted by Gasteiger charge is 2.30. The van der Waals surface area contributed by atoms with Gasteiger partial charge in [-0.3, -0.25) is 4.79 Å². The van der Waals surface area contributed by atoms with Gasteiger partial charge in [0.15, 0.2) is 17.3 Å². The smallest absolute Gasteiger partial charge is 0.232 e. The lowest BCUT2D eigenvalue weighted by molar-refractivity contribution is 0.101. The predicted molar refractivity (Wildman–Crippen MR) is 87.8 cm³/mol. The molecule has 0 spiro atoms. The van der Waals surface area contributed by atoms with Gasteiger partial charge in [0.2, 0.25) is 12.6 Å². The minimum Gasteiger partial charge on any atom is -0.494 e. The van der Waals surface area contributed by atoms with Gasteiger partial charge in [0, 0.05) is 6.07 Å². The molecule has 0 aliphatic carbocycles. The van der Waals surface area contributed by atoms with Crippen molar-refractivity contribution >= 4 is 11.9 Å². The largest absolute Gasteiger partial charge is 0.494 e. The molecule has 0 aromatic heterocycles. The van der Waals surface area contributed by atoms with E-state index in [4.69, 9.17) is 18.9 Å². The van der Waals surface area contributed by atoms with Crippen molar-refractivity contribution in [1.29, 1.82) is 0 Å². The van der Waals surface area contributed by atoms with Crippen LogP contribution in [-0.2, 0) is 0 Å². The molecule has 2 aliphatic rings. The summed E-state index contributed by atoms with van der Waals surface area (Å²) in [6.07, 6.45) is 1.71. The second-order valence-electron chi connectivity index (χ2n) is 5.60. The molecule has 0 fully saturated rings. The van der Waals surface area contributed by atoms with Gasteiger partial charge in [-0.15, -0.1) is 0 Å². The van der Waals surface area contributed by atoms with Crippen molar-refractivity contribution in [2.75, 3.05) is 13.4 Å². The van der Waals surface area contributed by atoms with Crippen LogP contribution in [0.15, 0.2) is 36.1 Å². The lowest BCUT2D eigenvalue weighted by Gasteiger charge is -2.06. The van der Waals surface area contributed by atoms with E-state index in [-0.39, 0.29) is 12.6 Å². The van der Waals surface area contributed by atoms with Crippen molar-refractivity contribution in [3.05, 3.63) is 52.8 Å². The molecule has 2 aliphatic heterocycles. The van der Waals surface area contributed by atoms with E-state index in [1.54, 1.807) is 12.1 Å². The average Bonchev–Trinajstić information content (AvgIpc) is 3.12. The first-order valence-corrected chi connectivity index (χ1v) is 7.77. The van der Waals surface area contributed by atoms with Crippen LogP contribution in [0.25, 0.3) is 6.08 Å². The van der Waals surface area contributed by atoms with Crippen LogP contribution in [0.5, 0.6) is 23.0 Å². The minimum absolute atomic E-state index is 0.122. The molecule has 0 radical (unpaired) electrons. The lowest BCUT2D eigenvalue weighted by atomic mass is 10.0. The summed E-state index contributed by atoms with van der Waals surface area (Å²) in [5.74, 6) is 2.78. The molecular formula is C19H16O5. The van der Waals surface area contributed by atoms with Crippen LogP contribution in [-0.4, -0.2) is 19.2 Å². The van der Waals surface area contributed by atoms with Crippen LogP contribution in [0, 0.1) is 6.92 Å². The summed E-state index contributed by atoms with van der Waals surface area (Å²) < 4.78 is 21.9. The number of fused-ring (bicyclic) bond motifs is 2. The van der Waals surface area contributed by atoms with Crippen molar-refractivity contribution < 1.29 is 23.7 Å². The average molecular weight is 324 g/mol. The summed E-state index contributed by atoms with van der Waals surface area (Å²) in [6.45, 7) is 4.58. The number of benzene rings is 2. The van der Waals surface area contributed by atoms with Crippen molar-refractivity contribution in [3.8, 4) is 23.0 Å². The third-order valence-electron chi connectivity index (χ3n) is 3.95. The summed E-state index contributed by atoms with van der Waals surface area (Å²) in [6, 6.07) is 9.11. The fourth-order valence-electron chi connectivity index (χ4n) is 2.88. The van der Waals surface area contributed by atoms with Crippen LogP contribution >= 0.6 is 0 Å². The Morgan fingerprint density at radius 1 is 1.12 bits per heavy atom. The summed E-state index contributed by atoms with van der Waals surface area (Å²) >= 11 is 0. The molecule has 2 aromatic carbocycles. The molecule has 4 rings (SSSR count). The Kier molecular flexibility index (Phi) is 3.41. The molecule has 0 atom stereocenters. The van der Waals surface area contributed by atoms with Gasteiger partial charge in [-0.05, 0) is 49.2 Å². The first kappa shape index (κ1) is 14.6. The molecule has 0 N–H and O–H groups in total. The second-order valence-corrected chi connectivity index (χ2v) is 5.60. The summed E-state index contributed by atoms with van der Waals surface area (Å²) in [5.41, 5.74) is 2.25. The molecule has 5 heteroatoms. The van der Waals surface area contributed by atoms with Gasteiger partial charge in [0.05, 0.1) is 12.2 Å². The zero-order valence-corrected chi connectivity index (χ0v) is 13.4. The Labute approximate surface area is 139 Å². The van der Waals surface area contributed by atoms with E-state index < -0.39 is 0 Å². The van der Waals surface area contributed by atoms with Crippen molar-refractivity contribution in [3.63, 3.8) is 0 Å². The van der Waals surface area contributed by atoms with Crippen LogP contribution in [0.4, 0.5) is 0 Å². The number of hydrogen-bond acceptors (Lipinski definition) is 5. The molecule has 0 saturated carbocycles. The van der Waals surface area contributed by atoms with Gasteiger partial charge >= 0.3 is 0 Å². The number of aryl methyl sites for hydroxylation is 1. The van der Waals surface area contributed by atoms with E-state index in [1.807, 2.05) is 38.1 Å². The van der Waals surface area contributed by atoms with E-state index in [0.717, 1.165) is 11.1 Å². The first-order chi connectivity index (χ1) is 11.7. The number of ether oxygens (including phenoxy) is 4. The van der Waals surface area contributed by atoms with Gasteiger partial charge in [-0.2, -0.15) is 0 Å². The molecule has 2 heterocycles. The SMILES string of the molecule is CCOc1cc(C)c2c(c1)O/C(=C\c1ccc3c(c1)OCO3)C2=O. The Morgan fingerprint density at radius 2 is 1.96 bits per heavy atom. The Hall–Kier alpha value is -2.95. The van der Waals surface area contributed by atoms with E-state index >= 15 is 0 Å². The van der Waals surface area contributed by atoms with Gasteiger partial charge < -0.3 is 18.9 Å². The van der Waals surface area contributed by atoms with E-state index in [9.17, 15) is 4.79 Å². The maximum Gasteiger partial charge on any atom is 0.232 e. The Balaban J connectivity index is 1.68. The van der Waals surface area contributed by atoms with Crippen LogP contribution in [0.1, 0.15) is 28.4 Å². The van der Waals surface area contributed by atoms with Crippen molar-refractivity contribution in [1.82, 2.24) is 0 Å². The Morgan fingerprint density at radius 3 is 2.79 bits per heavy atom. The molecule has 24 heavy (non-hydrogen) atoms. The zero-order valence-electron chi connectivity index (χ0n) is 13.4. The van der Waals surface area contributed by atoms with Gasteiger partial charge in [-0.25, -0.2) is 0 Å². The van der Waals surface area contributed by atoms with E-state index in [1.165, 1.54) is 0 Å². The molecule has 0 saturated heterocycles. The fourth-order valence-corrected chi connectivity index (χ4v) is 2.88. The molecule has 5 nitrogen and oxygen atoms in total. The van der Waals surface area contributed by atoms with Crippen molar-refractivity contribution in [2.24, 2.45) is 0 Å². The summed E-state index contributed by atoms with van der Waals surface area (Å²) in [7, 11) is 0. The number of hydrogen-bond donors (Lipinski definition) is 0. The maximum atomic E-state index is 12.6. The molecule has 2 aromatic rings. The topological polar surface area (TPSA) is 54.0 Å². The molecule has 0 unspecified atom stereocenters. The standard InChI is InChI=1S/C19H16O5/c1-3-21-13-6-11(2)18-16(9-13)24-17(19(18)20)8-12-4-5-14-15(7-12)23-10-22-14/h4-9H,3,10H2,1-2H3/b17-8-. The molecule has 122 valence electrons. The van der Waals surface area contributed by atoms with Gasteiger partial charge in [0.25, 0.3) is 0 Å². The normalized spacial score (nSPS) is 16.2. The Bertz CT molecular complexity index is 866. The fraction of sp³-hybridized carbons (Fsp3) is 0.211. The number of carbonyl (C=O) groups excluding carboxylic acids is 1. The third-order valence-corrected chi connectivity index (χ3v) is 3.95. The van der Waals surface area contributed by atoms with Gasteiger partial charge in [0.1, 0.15) is 11.5 Å². The second kappa shape index (κ2) is 5.60. The van der Waals surface area contributed by atoms with Crippen LogP contribution in [0.3, 0.4) is 0 Å². The summed E-state index contributed by atoms with van der Waals surface area (Å²) in [5, 5.41) is 0. The van der Waals surface area contributed by atoms with Crippen LogP contribution < -0.4 is 18.9 Å². The number of Topliss-reactive ketones (excluding diaryl/α,β-unsaturated/α-hetero) is 1. The maximum absolute atomic E-state index is 12.6. The lowest BCUT2D eigenvalue weighted by Crippen LogP contribution is -1.99. The monoisotopic (exact) mass is 324 g/mol. The summed E-state index contributed by atoms with van der Waals surface area (Å²) in [4.78, 5) is 12.6. The molecule has 0 bridgehead atoms. The number of rotatable bonds is 3. The van der Waals surface area contributed by atoms with Crippen LogP contribution in [0.2, 0.25) is 0 Å². The van der Waals surface area contributed by atoms with E-state index in [0.29, 0.717) is 40.9 Å². The quantitative estimate of drug-likeness (QED) is 0.805. The third kappa shape index (κ3) is 2.38. The number of ketones is 1.